The maximum atomic E-state index is 13.5. The number of urea groups is 1. The van der Waals surface area contributed by atoms with E-state index in [1.807, 2.05) is 24.3 Å². The lowest BCUT2D eigenvalue weighted by Crippen LogP contribution is -2.49. The molecule has 208 valence electrons. The van der Waals surface area contributed by atoms with Gasteiger partial charge in [-0.15, -0.1) is 0 Å². The molecule has 2 saturated heterocycles. The van der Waals surface area contributed by atoms with Crippen molar-refractivity contribution in [2.45, 2.75) is 65.0 Å². The largest absolute Gasteiger partial charge is 0.493 e. The van der Waals surface area contributed by atoms with E-state index in [-0.39, 0.29) is 24.2 Å². The van der Waals surface area contributed by atoms with Crippen LogP contribution in [0.25, 0.3) is 0 Å². The average molecular weight is 528 g/mol. The third kappa shape index (κ3) is 9.26. The van der Waals surface area contributed by atoms with Crippen LogP contribution in [0.1, 0.15) is 50.7 Å². The molecule has 0 saturated carbocycles. The van der Waals surface area contributed by atoms with Gasteiger partial charge in [-0.05, 0) is 60.6 Å². The molecular formula is C30H42FN3O4. The number of likely N-dealkylation sites (tertiary alicyclic amines) is 1. The first-order valence-electron chi connectivity index (χ1n) is 13.9. The highest BCUT2D eigenvalue weighted by atomic mass is 19.1. The monoisotopic (exact) mass is 527 g/mol. The highest BCUT2D eigenvalue weighted by Gasteiger charge is 2.24. The molecule has 2 aromatic rings. The zero-order valence-corrected chi connectivity index (χ0v) is 22.7. The van der Waals surface area contributed by atoms with Crippen LogP contribution in [-0.4, -0.2) is 67.6 Å². The Kier molecular flexibility index (Phi) is 10.8. The van der Waals surface area contributed by atoms with Gasteiger partial charge in [-0.3, -0.25) is 0 Å². The Morgan fingerprint density at radius 1 is 1.03 bits per heavy atom. The molecule has 2 aromatic carbocycles. The van der Waals surface area contributed by atoms with Crippen LogP contribution in [-0.2, 0) is 22.6 Å². The maximum absolute atomic E-state index is 13.5. The third-order valence-electron chi connectivity index (χ3n) is 6.95. The molecule has 0 aliphatic carbocycles. The van der Waals surface area contributed by atoms with Gasteiger partial charge in [0.2, 0.25) is 0 Å². The Hall–Kier alpha value is -2.68. The van der Waals surface area contributed by atoms with Crippen molar-refractivity contribution in [3.8, 4) is 5.75 Å². The number of rotatable bonds is 11. The number of piperidine rings is 1. The van der Waals surface area contributed by atoms with Crippen LogP contribution < -0.4 is 10.1 Å². The van der Waals surface area contributed by atoms with Crippen molar-refractivity contribution in [3.05, 3.63) is 65.5 Å². The summed E-state index contributed by atoms with van der Waals surface area (Å²) < 4.78 is 30.6. The first-order chi connectivity index (χ1) is 18.4. The molecule has 0 unspecified atom stereocenters. The van der Waals surface area contributed by atoms with Gasteiger partial charge in [0.25, 0.3) is 0 Å². The van der Waals surface area contributed by atoms with E-state index >= 15 is 0 Å². The van der Waals surface area contributed by atoms with Crippen molar-refractivity contribution in [2.75, 3.05) is 39.5 Å². The first-order valence-corrected chi connectivity index (χ1v) is 13.9. The zero-order chi connectivity index (χ0) is 26.7. The molecule has 0 atom stereocenters. The molecule has 2 aliphatic rings. The molecule has 2 heterocycles. The van der Waals surface area contributed by atoms with E-state index in [0.717, 1.165) is 75.4 Å². The van der Waals surface area contributed by atoms with Gasteiger partial charge in [0.1, 0.15) is 11.6 Å². The minimum Gasteiger partial charge on any atom is -0.493 e. The molecule has 7 nitrogen and oxygen atoms in total. The Balaban J connectivity index is 1.30. The average Bonchev–Trinajstić information content (AvgIpc) is 2.93. The maximum Gasteiger partial charge on any atom is 0.318 e. The predicted octanol–water partition coefficient (Wildman–Crippen LogP) is 5.19. The fraction of sp³-hybridized carbons (Fsp3) is 0.567. The standard InChI is InChI=1S/C30H42FN3O4/c1-23(2)22-38-28-10-6-25(7-11-28)21-34(20-24-4-8-26(31)9-5-24)30(35)32-27-12-15-33(16-13-27)17-14-29-36-18-3-19-37-29/h4-11,23,27,29H,3,12-22H2,1-2H3,(H,32,35). The minimum atomic E-state index is -0.282. The van der Waals surface area contributed by atoms with Crippen LogP contribution >= 0.6 is 0 Å². The molecule has 8 heteroatoms. The number of hydrogen-bond donors (Lipinski definition) is 1. The lowest BCUT2D eigenvalue weighted by Gasteiger charge is -2.34. The smallest absolute Gasteiger partial charge is 0.318 e. The van der Waals surface area contributed by atoms with E-state index < -0.39 is 0 Å². The van der Waals surface area contributed by atoms with Gasteiger partial charge in [0, 0.05) is 45.2 Å². The van der Waals surface area contributed by atoms with E-state index in [4.69, 9.17) is 14.2 Å². The lowest BCUT2D eigenvalue weighted by molar-refractivity contribution is -0.182. The highest BCUT2D eigenvalue weighted by molar-refractivity contribution is 5.74. The van der Waals surface area contributed by atoms with Gasteiger partial charge >= 0.3 is 6.03 Å². The molecule has 2 aliphatic heterocycles. The van der Waals surface area contributed by atoms with Crippen LogP contribution in [0, 0.1) is 11.7 Å². The second-order valence-electron chi connectivity index (χ2n) is 10.7. The van der Waals surface area contributed by atoms with Crippen molar-refractivity contribution >= 4 is 6.03 Å². The molecule has 38 heavy (non-hydrogen) atoms. The van der Waals surface area contributed by atoms with Crippen LogP contribution in [0.3, 0.4) is 0 Å². The van der Waals surface area contributed by atoms with E-state index in [0.29, 0.717) is 25.6 Å². The summed E-state index contributed by atoms with van der Waals surface area (Å²) in [4.78, 5) is 17.6. The number of halogens is 1. The van der Waals surface area contributed by atoms with Crippen molar-refractivity contribution in [1.82, 2.24) is 15.1 Å². The summed E-state index contributed by atoms with van der Waals surface area (Å²) >= 11 is 0. The lowest BCUT2D eigenvalue weighted by atomic mass is 10.0. The van der Waals surface area contributed by atoms with Crippen molar-refractivity contribution in [3.63, 3.8) is 0 Å². The summed E-state index contributed by atoms with van der Waals surface area (Å²) in [5, 5.41) is 3.25. The summed E-state index contributed by atoms with van der Waals surface area (Å²) in [5.74, 6) is 0.997. The Morgan fingerprint density at radius 3 is 2.24 bits per heavy atom. The number of carbonyl (C=O) groups is 1. The van der Waals surface area contributed by atoms with Gasteiger partial charge in [-0.1, -0.05) is 38.1 Å². The van der Waals surface area contributed by atoms with Gasteiger partial charge in [0.05, 0.1) is 19.8 Å². The first kappa shape index (κ1) is 28.3. The Bertz CT molecular complexity index is 972. The molecule has 0 spiro atoms. The second-order valence-corrected chi connectivity index (χ2v) is 10.7. The summed E-state index contributed by atoms with van der Waals surface area (Å²) in [5.41, 5.74) is 1.90. The fourth-order valence-corrected chi connectivity index (χ4v) is 4.74. The van der Waals surface area contributed by atoms with Gasteiger partial charge in [-0.25, -0.2) is 9.18 Å². The van der Waals surface area contributed by atoms with E-state index in [9.17, 15) is 9.18 Å². The molecule has 0 bridgehead atoms. The van der Waals surface area contributed by atoms with Gasteiger partial charge in [0.15, 0.2) is 6.29 Å². The molecule has 2 amide bonds. The highest BCUT2D eigenvalue weighted by Crippen LogP contribution is 2.18. The van der Waals surface area contributed by atoms with Gasteiger partial charge < -0.3 is 29.3 Å². The van der Waals surface area contributed by atoms with Gasteiger partial charge in [-0.2, -0.15) is 0 Å². The third-order valence-corrected chi connectivity index (χ3v) is 6.95. The fourth-order valence-electron chi connectivity index (χ4n) is 4.74. The Labute approximate surface area is 226 Å². The summed E-state index contributed by atoms with van der Waals surface area (Å²) in [7, 11) is 0. The topological polar surface area (TPSA) is 63.3 Å². The predicted molar refractivity (Wildman–Crippen MR) is 145 cm³/mol. The quantitative estimate of drug-likeness (QED) is 0.436. The number of hydrogen-bond acceptors (Lipinski definition) is 5. The molecule has 0 radical (unpaired) electrons. The molecule has 4 rings (SSSR count). The van der Waals surface area contributed by atoms with E-state index in [1.54, 1.807) is 17.0 Å². The van der Waals surface area contributed by atoms with Crippen LogP contribution in [0.2, 0.25) is 0 Å². The summed E-state index contributed by atoms with van der Waals surface area (Å²) in [6, 6.07) is 14.3. The summed E-state index contributed by atoms with van der Waals surface area (Å²) in [6.45, 7) is 10.1. The molecule has 0 aromatic heterocycles. The number of nitrogens with one attached hydrogen (secondary N) is 1. The SMILES string of the molecule is CC(C)COc1ccc(CN(Cc2ccc(F)cc2)C(=O)NC2CCN(CCC3OCCCO3)CC2)cc1. The van der Waals surface area contributed by atoms with Crippen molar-refractivity contribution in [2.24, 2.45) is 5.92 Å². The summed E-state index contributed by atoms with van der Waals surface area (Å²) in [6.07, 6.45) is 3.58. The number of amides is 2. The number of ether oxygens (including phenoxy) is 3. The number of benzene rings is 2. The van der Waals surface area contributed by atoms with E-state index in [2.05, 4.69) is 24.1 Å². The van der Waals surface area contributed by atoms with Crippen LogP contribution in [0.4, 0.5) is 9.18 Å². The van der Waals surface area contributed by atoms with Crippen molar-refractivity contribution < 1.29 is 23.4 Å². The number of nitrogens with zero attached hydrogens (tertiary/aromatic N) is 2. The Morgan fingerprint density at radius 2 is 1.63 bits per heavy atom. The van der Waals surface area contributed by atoms with Crippen LogP contribution in [0.15, 0.2) is 48.5 Å². The number of carbonyl (C=O) groups excluding carboxylic acids is 1. The van der Waals surface area contributed by atoms with E-state index in [1.165, 1.54) is 12.1 Å². The zero-order valence-electron chi connectivity index (χ0n) is 22.7. The van der Waals surface area contributed by atoms with Crippen LogP contribution in [0.5, 0.6) is 5.75 Å². The van der Waals surface area contributed by atoms with Crippen molar-refractivity contribution in [1.29, 1.82) is 0 Å². The minimum absolute atomic E-state index is 0.0861. The normalized spacial score (nSPS) is 17.5. The second kappa shape index (κ2) is 14.5. The molecule has 1 N–H and O–H groups in total. The molecular weight excluding hydrogens is 485 g/mol. The molecule has 2 fully saturated rings.